The third-order valence-electron chi connectivity index (χ3n) is 3.24. The van der Waals surface area contributed by atoms with Gasteiger partial charge in [-0.3, -0.25) is 5.41 Å². The second kappa shape index (κ2) is 4.92. The first-order valence-corrected chi connectivity index (χ1v) is 6.14. The minimum atomic E-state index is -2.82. The number of hydrogen-bond acceptors (Lipinski definition) is 2. The maximum atomic E-state index is 12.1. The van der Waals surface area contributed by atoms with Gasteiger partial charge in [-0.2, -0.15) is 8.78 Å². The molecular formula is C15H12F2N2O. The molecule has 1 heterocycles. The second-order valence-corrected chi connectivity index (χ2v) is 4.46. The van der Waals surface area contributed by atoms with Crippen LogP contribution < -0.4 is 9.64 Å². The lowest BCUT2D eigenvalue weighted by Gasteiger charge is -2.18. The van der Waals surface area contributed by atoms with E-state index in [2.05, 4.69) is 4.74 Å². The van der Waals surface area contributed by atoms with Gasteiger partial charge < -0.3 is 9.64 Å². The highest BCUT2D eigenvalue weighted by atomic mass is 19.3. The normalized spacial score (nSPS) is 13.8. The van der Waals surface area contributed by atoms with E-state index in [-0.39, 0.29) is 5.75 Å². The number of nitrogens with zero attached hydrogens (tertiary/aromatic N) is 1. The van der Waals surface area contributed by atoms with E-state index in [1.54, 1.807) is 12.1 Å². The smallest absolute Gasteiger partial charge is 0.387 e. The van der Waals surface area contributed by atoms with Crippen molar-refractivity contribution >= 4 is 11.5 Å². The number of hydrogen-bond donors (Lipinski definition) is 1. The van der Waals surface area contributed by atoms with Crippen LogP contribution in [0.25, 0.3) is 0 Å². The molecule has 1 N–H and O–H groups in total. The molecule has 0 aliphatic carbocycles. The van der Waals surface area contributed by atoms with Crippen LogP contribution in [0, 0.1) is 5.41 Å². The lowest BCUT2D eigenvalue weighted by Crippen LogP contribution is -2.22. The molecule has 0 fully saturated rings. The summed E-state index contributed by atoms with van der Waals surface area (Å²) in [6.07, 6.45) is 0. The van der Waals surface area contributed by atoms with Gasteiger partial charge in [0.2, 0.25) is 0 Å². The molecule has 5 heteroatoms. The van der Waals surface area contributed by atoms with E-state index in [0.29, 0.717) is 12.4 Å². The average molecular weight is 274 g/mol. The minimum Gasteiger partial charge on any atom is -0.435 e. The average Bonchev–Trinajstić information content (AvgIpc) is 2.77. The zero-order valence-corrected chi connectivity index (χ0v) is 10.5. The van der Waals surface area contributed by atoms with Gasteiger partial charge in [0, 0.05) is 11.3 Å². The lowest BCUT2D eigenvalue weighted by atomic mass is 10.1. The molecule has 3 rings (SSSR count). The van der Waals surface area contributed by atoms with Crippen molar-refractivity contribution in [3.8, 4) is 5.75 Å². The lowest BCUT2D eigenvalue weighted by molar-refractivity contribution is -0.0498. The number of fused-ring (bicyclic) bond motifs is 1. The Balaban J connectivity index is 1.83. The Morgan fingerprint density at radius 1 is 1.05 bits per heavy atom. The van der Waals surface area contributed by atoms with Gasteiger partial charge in [-0.05, 0) is 29.8 Å². The van der Waals surface area contributed by atoms with Crippen LogP contribution in [0.3, 0.4) is 0 Å². The summed E-state index contributed by atoms with van der Waals surface area (Å²) in [5.41, 5.74) is 2.78. The zero-order chi connectivity index (χ0) is 14.1. The monoisotopic (exact) mass is 274 g/mol. The van der Waals surface area contributed by atoms with Gasteiger partial charge in [0.25, 0.3) is 0 Å². The Labute approximate surface area is 114 Å². The van der Waals surface area contributed by atoms with Gasteiger partial charge in [0.1, 0.15) is 11.6 Å². The summed E-state index contributed by atoms with van der Waals surface area (Å²) in [5.74, 6) is 0.537. The molecular weight excluding hydrogens is 262 g/mol. The highest BCUT2D eigenvalue weighted by Crippen LogP contribution is 2.29. The molecule has 1 aliphatic rings. The number of amidine groups is 1. The fraction of sp³-hybridized carbons (Fsp3) is 0.133. The minimum absolute atomic E-state index is 0.118. The maximum Gasteiger partial charge on any atom is 0.387 e. The van der Waals surface area contributed by atoms with Gasteiger partial charge in [-0.25, -0.2) is 0 Å². The van der Waals surface area contributed by atoms with E-state index in [9.17, 15) is 8.78 Å². The molecule has 0 saturated carbocycles. The predicted molar refractivity (Wildman–Crippen MR) is 72.5 cm³/mol. The van der Waals surface area contributed by atoms with Crippen molar-refractivity contribution in [2.24, 2.45) is 0 Å². The summed E-state index contributed by atoms with van der Waals surface area (Å²) in [6, 6.07) is 14.1. The summed E-state index contributed by atoms with van der Waals surface area (Å²) in [7, 11) is 0. The molecule has 2 aromatic carbocycles. The molecule has 102 valence electrons. The van der Waals surface area contributed by atoms with E-state index in [0.717, 1.165) is 16.8 Å². The molecule has 0 amide bonds. The van der Waals surface area contributed by atoms with Crippen LogP contribution in [0.4, 0.5) is 14.5 Å². The molecule has 20 heavy (non-hydrogen) atoms. The van der Waals surface area contributed by atoms with Gasteiger partial charge in [0.05, 0.1) is 6.54 Å². The van der Waals surface area contributed by atoms with Crippen LogP contribution in [0.15, 0.2) is 48.5 Å². The molecule has 0 saturated heterocycles. The van der Waals surface area contributed by atoms with Crippen LogP contribution in [0.1, 0.15) is 11.1 Å². The fourth-order valence-corrected chi connectivity index (χ4v) is 2.31. The molecule has 0 unspecified atom stereocenters. The van der Waals surface area contributed by atoms with E-state index in [4.69, 9.17) is 5.41 Å². The predicted octanol–water partition coefficient (Wildman–Crippen LogP) is 3.63. The number of alkyl halides is 2. The first kappa shape index (κ1) is 12.6. The number of benzene rings is 2. The maximum absolute atomic E-state index is 12.1. The topological polar surface area (TPSA) is 36.3 Å². The molecule has 0 aromatic heterocycles. The van der Waals surface area contributed by atoms with Crippen LogP contribution >= 0.6 is 0 Å². The summed E-state index contributed by atoms with van der Waals surface area (Å²) < 4.78 is 28.5. The second-order valence-electron chi connectivity index (χ2n) is 4.46. The van der Waals surface area contributed by atoms with Crippen LogP contribution in [0.5, 0.6) is 5.75 Å². The Morgan fingerprint density at radius 2 is 1.75 bits per heavy atom. The highest BCUT2D eigenvalue weighted by Gasteiger charge is 2.24. The molecule has 0 atom stereocenters. The van der Waals surface area contributed by atoms with Crippen molar-refractivity contribution < 1.29 is 13.5 Å². The number of rotatable bonds is 3. The Hall–Kier alpha value is -2.43. The first-order valence-electron chi connectivity index (χ1n) is 6.14. The van der Waals surface area contributed by atoms with Gasteiger partial charge in [-0.15, -0.1) is 0 Å². The number of halogens is 2. The first-order chi connectivity index (χ1) is 9.65. The van der Waals surface area contributed by atoms with Crippen molar-refractivity contribution in [2.75, 3.05) is 4.90 Å². The summed E-state index contributed by atoms with van der Waals surface area (Å²) >= 11 is 0. The van der Waals surface area contributed by atoms with E-state index < -0.39 is 6.61 Å². The molecule has 0 radical (unpaired) electrons. The van der Waals surface area contributed by atoms with Crippen molar-refractivity contribution in [3.05, 3.63) is 59.7 Å². The van der Waals surface area contributed by atoms with Crippen LogP contribution in [0.2, 0.25) is 0 Å². The highest BCUT2D eigenvalue weighted by molar-refractivity contribution is 6.11. The SMILES string of the molecule is N=C1c2ccccc2CN1c1ccc(OC(F)F)cc1. The summed E-state index contributed by atoms with van der Waals surface area (Å²) in [6.45, 7) is -2.21. The fourth-order valence-electron chi connectivity index (χ4n) is 2.31. The third kappa shape index (κ3) is 2.22. The van der Waals surface area contributed by atoms with Gasteiger partial charge in [0.15, 0.2) is 0 Å². The van der Waals surface area contributed by atoms with Gasteiger partial charge >= 0.3 is 6.61 Å². The van der Waals surface area contributed by atoms with E-state index >= 15 is 0 Å². The molecule has 0 spiro atoms. The number of anilines is 1. The number of ether oxygens (including phenoxy) is 1. The van der Waals surface area contributed by atoms with Gasteiger partial charge in [-0.1, -0.05) is 24.3 Å². The molecule has 3 nitrogen and oxygen atoms in total. The molecule has 2 aromatic rings. The Kier molecular flexibility index (Phi) is 3.10. The van der Waals surface area contributed by atoms with Crippen LogP contribution in [-0.4, -0.2) is 12.4 Å². The largest absolute Gasteiger partial charge is 0.435 e. The van der Waals surface area contributed by atoms with E-state index in [1.807, 2.05) is 29.2 Å². The number of nitrogens with one attached hydrogen (secondary N) is 1. The van der Waals surface area contributed by atoms with Crippen LogP contribution in [-0.2, 0) is 6.54 Å². The molecule has 1 aliphatic heterocycles. The standard InChI is InChI=1S/C15H12F2N2O/c16-15(17)20-12-7-5-11(6-8-12)19-9-10-3-1-2-4-13(10)14(19)18/h1-8,15,18H,9H2. The Morgan fingerprint density at radius 3 is 2.40 bits per heavy atom. The van der Waals surface area contributed by atoms with Crippen molar-refractivity contribution in [3.63, 3.8) is 0 Å². The quantitative estimate of drug-likeness (QED) is 0.927. The molecule has 0 bridgehead atoms. The van der Waals surface area contributed by atoms with E-state index in [1.165, 1.54) is 12.1 Å². The summed E-state index contributed by atoms with van der Waals surface area (Å²) in [4.78, 5) is 1.83. The third-order valence-corrected chi connectivity index (χ3v) is 3.24. The summed E-state index contributed by atoms with van der Waals surface area (Å²) in [5, 5.41) is 8.17. The zero-order valence-electron chi connectivity index (χ0n) is 10.5. The van der Waals surface area contributed by atoms with Crippen molar-refractivity contribution in [1.29, 1.82) is 5.41 Å². The van der Waals surface area contributed by atoms with Crippen molar-refractivity contribution in [1.82, 2.24) is 0 Å². The Bertz CT molecular complexity index is 641. The van der Waals surface area contributed by atoms with Crippen molar-refractivity contribution in [2.45, 2.75) is 13.2 Å².